The van der Waals surface area contributed by atoms with E-state index in [-0.39, 0.29) is 11.3 Å². The molecule has 4 nitrogen and oxygen atoms in total. The van der Waals surface area contributed by atoms with Gasteiger partial charge in [-0.3, -0.25) is 4.79 Å². The number of hydrogen-bond acceptors (Lipinski definition) is 4. The molecule has 0 N–H and O–H groups in total. The summed E-state index contributed by atoms with van der Waals surface area (Å²) in [4.78, 5) is 15.0. The number of carbonyl (C=O) groups excluding carboxylic acids is 1. The van der Waals surface area contributed by atoms with E-state index < -0.39 is 0 Å². The molecule has 16 heavy (non-hydrogen) atoms. The summed E-state index contributed by atoms with van der Waals surface area (Å²) in [5.74, 6) is 0.0712. The molecule has 3 heterocycles. The Hall–Kier alpha value is -0.940. The average Bonchev–Trinajstić information content (AvgIpc) is 2.82. The van der Waals surface area contributed by atoms with Crippen molar-refractivity contribution in [1.29, 1.82) is 0 Å². The number of rotatable bonds is 1. The number of nitrogens with zero attached hydrogens (tertiary/aromatic N) is 2. The Morgan fingerprint density at radius 2 is 2.44 bits per heavy atom. The number of ether oxygens (including phenoxy) is 1. The van der Waals surface area contributed by atoms with Crippen LogP contribution in [-0.4, -0.2) is 41.5 Å². The Labute approximate surface area is 98.4 Å². The Bertz CT molecular complexity index is 415. The van der Waals surface area contributed by atoms with Crippen LogP contribution >= 0.6 is 11.5 Å². The maximum atomic E-state index is 12.0. The summed E-state index contributed by atoms with van der Waals surface area (Å²) in [6, 6.07) is 1.86. The van der Waals surface area contributed by atoms with Crippen LogP contribution in [0.3, 0.4) is 0 Å². The van der Waals surface area contributed by atoms with E-state index >= 15 is 0 Å². The van der Waals surface area contributed by atoms with Gasteiger partial charge in [-0.15, -0.1) is 0 Å². The minimum Gasteiger partial charge on any atom is -0.381 e. The smallest absolute Gasteiger partial charge is 0.273 e. The molecule has 5 heteroatoms. The summed E-state index contributed by atoms with van der Waals surface area (Å²) in [7, 11) is 0. The van der Waals surface area contributed by atoms with Crippen LogP contribution in [0, 0.1) is 12.3 Å². The molecule has 1 aromatic heterocycles. The molecule has 0 aliphatic carbocycles. The van der Waals surface area contributed by atoms with Crippen molar-refractivity contribution in [2.75, 3.05) is 26.3 Å². The first kappa shape index (κ1) is 10.2. The summed E-state index contributed by atoms with van der Waals surface area (Å²) in [6.45, 7) is 5.30. The molecule has 3 rings (SSSR count). The van der Waals surface area contributed by atoms with Gasteiger partial charge in [-0.05, 0) is 30.9 Å². The van der Waals surface area contributed by atoms with Crippen molar-refractivity contribution in [2.24, 2.45) is 5.41 Å². The maximum Gasteiger partial charge on any atom is 0.273 e. The monoisotopic (exact) mass is 238 g/mol. The van der Waals surface area contributed by atoms with Gasteiger partial charge in [-0.1, -0.05) is 0 Å². The van der Waals surface area contributed by atoms with Crippen molar-refractivity contribution in [3.8, 4) is 0 Å². The second kappa shape index (κ2) is 3.53. The van der Waals surface area contributed by atoms with Crippen molar-refractivity contribution in [3.05, 3.63) is 16.6 Å². The van der Waals surface area contributed by atoms with Gasteiger partial charge in [0, 0.05) is 30.0 Å². The van der Waals surface area contributed by atoms with Gasteiger partial charge in [0.25, 0.3) is 5.91 Å². The lowest BCUT2D eigenvalue weighted by molar-refractivity contribution is 0.0000389. The van der Waals surface area contributed by atoms with E-state index in [4.69, 9.17) is 4.74 Å². The van der Waals surface area contributed by atoms with Gasteiger partial charge < -0.3 is 9.64 Å². The third-order valence-corrected chi connectivity index (χ3v) is 4.07. The molecular weight excluding hydrogens is 224 g/mol. The maximum absolute atomic E-state index is 12.0. The summed E-state index contributed by atoms with van der Waals surface area (Å²) < 4.78 is 9.54. The summed E-state index contributed by atoms with van der Waals surface area (Å²) >= 11 is 1.39. The normalized spacial score (nSPS) is 22.4. The molecule has 0 aromatic carbocycles. The number of aromatic nitrogens is 1. The molecule has 1 aromatic rings. The zero-order chi connectivity index (χ0) is 11.2. The molecule has 0 radical (unpaired) electrons. The van der Waals surface area contributed by atoms with Crippen LogP contribution in [0.2, 0.25) is 0 Å². The highest BCUT2D eigenvalue weighted by Gasteiger charge is 2.48. The standard InChI is InChI=1S/C11H14N2O2S/c1-8-4-9(12-16-8)10(14)13-5-11(6-13)2-3-15-7-11/h4H,2-3,5-7H2,1H3. The molecule has 1 amide bonds. The minimum absolute atomic E-state index is 0.0712. The van der Waals surface area contributed by atoms with Gasteiger partial charge in [-0.2, -0.15) is 4.37 Å². The second-order valence-corrected chi connectivity index (χ2v) is 5.80. The highest BCUT2D eigenvalue weighted by atomic mass is 32.1. The lowest BCUT2D eigenvalue weighted by atomic mass is 9.79. The molecule has 0 unspecified atom stereocenters. The minimum atomic E-state index is 0.0712. The van der Waals surface area contributed by atoms with Gasteiger partial charge in [0.15, 0.2) is 0 Å². The Balaban J connectivity index is 1.66. The molecule has 1 spiro atoms. The number of likely N-dealkylation sites (tertiary alicyclic amines) is 1. The second-order valence-electron chi connectivity index (χ2n) is 4.79. The summed E-state index contributed by atoms with van der Waals surface area (Å²) in [5.41, 5.74) is 0.858. The van der Waals surface area contributed by atoms with E-state index in [1.165, 1.54) is 11.5 Å². The number of carbonyl (C=O) groups is 1. The van der Waals surface area contributed by atoms with Crippen LogP contribution in [0.1, 0.15) is 21.8 Å². The van der Waals surface area contributed by atoms with Crippen LogP contribution in [0.5, 0.6) is 0 Å². The highest BCUT2D eigenvalue weighted by Crippen LogP contribution is 2.38. The van der Waals surface area contributed by atoms with E-state index in [2.05, 4.69) is 4.37 Å². The fraction of sp³-hybridized carbons (Fsp3) is 0.636. The zero-order valence-electron chi connectivity index (χ0n) is 9.23. The van der Waals surface area contributed by atoms with Gasteiger partial charge in [0.1, 0.15) is 5.69 Å². The molecule has 0 atom stereocenters. The molecule has 0 bridgehead atoms. The van der Waals surface area contributed by atoms with E-state index in [1.807, 2.05) is 17.9 Å². The van der Waals surface area contributed by atoms with Crippen molar-refractivity contribution < 1.29 is 9.53 Å². The van der Waals surface area contributed by atoms with E-state index in [1.54, 1.807) is 0 Å². The number of amides is 1. The van der Waals surface area contributed by atoms with Crippen molar-refractivity contribution >= 4 is 17.4 Å². The fourth-order valence-corrected chi connectivity index (χ4v) is 2.97. The summed E-state index contributed by atoms with van der Waals surface area (Å²) in [6.07, 6.45) is 1.09. The van der Waals surface area contributed by atoms with Crippen molar-refractivity contribution in [3.63, 3.8) is 0 Å². The lowest BCUT2D eigenvalue weighted by Crippen LogP contribution is -2.58. The topological polar surface area (TPSA) is 42.4 Å². The third kappa shape index (κ3) is 1.55. The van der Waals surface area contributed by atoms with Gasteiger partial charge in [0.2, 0.25) is 0 Å². The Kier molecular flexibility index (Phi) is 2.26. The summed E-state index contributed by atoms with van der Waals surface area (Å²) in [5, 5.41) is 0. The van der Waals surface area contributed by atoms with Crippen LogP contribution in [0.15, 0.2) is 6.07 Å². The van der Waals surface area contributed by atoms with Crippen LogP contribution in [0.25, 0.3) is 0 Å². The molecule has 2 fully saturated rings. The SMILES string of the molecule is Cc1cc(C(=O)N2CC3(CCOC3)C2)ns1. The lowest BCUT2D eigenvalue weighted by Gasteiger charge is -2.46. The predicted molar refractivity (Wildman–Crippen MR) is 60.6 cm³/mol. The van der Waals surface area contributed by atoms with E-state index in [0.717, 1.165) is 37.6 Å². The zero-order valence-corrected chi connectivity index (χ0v) is 10.0. The van der Waals surface area contributed by atoms with Crippen molar-refractivity contribution in [1.82, 2.24) is 9.27 Å². The predicted octanol–water partition coefficient (Wildman–Crippen LogP) is 1.31. The third-order valence-electron chi connectivity index (χ3n) is 3.37. The van der Waals surface area contributed by atoms with Gasteiger partial charge in [-0.25, -0.2) is 0 Å². The van der Waals surface area contributed by atoms with Crippen LogP contribution in [0.4, 0.5) is 0 Å². The molecule has 86 valence electrons. The van der Waals surface area contributed by atoms with Gasteiger partial charge >= 0.3 is 0 Å². The first-order valence-electron chi connectivity index (χ1n) is 5.49. The van der Waals surface area contributed by atoms with E-state index in [9.17, 15) is 4.79 Å². The first-order chi connectivity index (χ1) is 7.69. The Morgan fingerprint density at radius 1 is 1.62 bits per heavy atom. The molecule has 0 saturated carbocycles. The molecular formula is C11H14N2O2S. The highest BCUT2D eigenvalue weighted by molar-refractivity contribution is 7.05. The number of aryl methyl sites for hydroxylation is 1. The molecule has 2 saturated heterocycles. The quantitative estimate of drug-likeness (QED) is 0.741. The molecule has 2 aliphatic heterocycles. The average molecular weight is 238 g/mol. The Morgan fingerprint density at radius 3 is 3.00 bits per heavy atom. The van der Waals surface area contributed by atoms with Gasteiger partial charge in [0.05, 0.1) is 6.61 Å². The van der Waals surface area contributed by atoms with Crippen LogP contribution in [-0.2, 0) is 4.74 Å². The molecule has 2 aliphatic rings. The number of hydrogen-bond donors (Lipinski definition) is 0. The fourth-order valence-electron chi connectivity index (χ4n) is 2.44. The van der Waals surface area contributed by atoms with E-state index in [0.29, 0.717) is 5.69 Å². The largest absolute Gasteiger partial charge is 0.381 e. The van der Waals surface area contributed by atoms with Crippen LogP contribution < -0.4 is 0 Å². The van der Waals surface area contributed by atoms with Crippen molar-refractivity contribution in [2.45, 2.75) is 13.3 Å². The first-order valence-corrected chi connectivity index (χ1v) is 6.26.